The van der Waals surface area contributed by atoms with Crippen molar-refractivity contribution in [3.8, 4) is 0 Å². The lowest BCUT2D eigenvalue weighted by atomic mass is 10.1. The van der Waals surface area contributed by atoms with Crippen molar-refractivity contribution < 1.29 is 4.42 Å². The summed E-state index contributed by atoms with van der Waals surface area (Å²) in [5.41, 5.74) is 0. The average Bonchev–Trinajstić information content (AvgIpc) is 2.72. The molecule has 1 unspecified atom stereocenters. The lowest BCUT2D eigenvalue weighted by molar-refractivity contribution is 0.333. The highest BCUT2D eigenvalue weighted by Gasteiger charge is 2.16. The maximum atomic E-state index is 5.36. The topological polar surface area (TPSA) is 37.2 Å². The first-order valence-corrected chi connectivity index (χ1v) is 5.36. The summed E-state index contributed by atoms with van der Waals surface area (Å²) < 4.78 is 5.36. The quantitative estimate of drug-likeness (QED) is 0.768. The van der Waals surface area contributed by atoms with Gasteiger partial charge in [-0.25, -0.2) is 0 Å². The van der Waals surface area contributed by atoms with Crippen molar-refractivity contribution in [2.24, 2.45) is 0 Å². The van der Waals surface area contributed by atoms with Gasteiger partial charge >= 0.3 is 0 Å². The van der Waals surface area contributed by atoms with E-state index in [0.717, 1.165) is 18.8 Å². The molecular formula is C11H18N2O. The van der Waals surface area contributed by atoms with E-state index in [9.17, 15) is 0 Å². The van der Waals surface area contributed by atoms with Crippen LogP contribution in [-0.4, -0.2) is 19.1 Å². The second-order valence-electron chi connectivity index (χ2n) is 3.93. The Bertz CT molecular complexity index is 252. The van der Waals surface area contributed by atoms with Crippen molar-refractivity contribution >= 4 is 0 Å². The summed E-state index contributed by atoms with van der Waals surface area (Å²) in [4.78, 5) is 0. The van der Waals surface area contributed by atoms with Gasteiger partial charge in [0, 0.05) is 6.04 Å². The Kier molecular flexibility index (Phi) is 3.22. The molecule has 0 amide bonds. The van der Waals surface area contributed by atoms with E-state index in [-0.39, 0.29) is 0 Å². The van der Waals surface area contributed by atoms with Crippen LogP contribution in [-0.2, 0) is 0 Å². The van der Waals surface area contributed by atoms with Crippen LogP contribution in [0, 0.1) is 0 Å². The molecule has 2 N–H and O–H groups in total. The monoisotopic (exact) mass is 194 g/mol. The third-order valence-electron chi connectivity index (χ3n) is 2.79. The van der Waals surface area contributed by atoms with Gasteiger partial charge in [-0.05, 0) is 45.0 Å². The molecule has 3 nitrogen and oxygen atoms in total. The molecule has 3 heteroatoms. The van der Waals surface area contributed by atoms with E-state index in [1.807, 2.05) is 12.1 Å². The summed E-state index contributed by atoms with van der Waals surface area (Å²) in [6, 6.07) is 4.93. The lowest BCUT2D eigenvalue weighted by Crippen LogP contribution is -2.40. The van der Waals surface area contributed by atoms with E-state index < -0.39 is 0 Å². The van der Waals surface area contributed by atoms with Gasteiger partial charge in [-0.15, -0.1) is 0 Å². The highest BCUT2D eigenvalue weighted by Crippen LogP contribution is 2.15. The normalized spacial score (nSPS) is 20.9. The van der Waals surface area contributed by atoms with Gasteiger partial charge in [0.15, 0.2) is 0 Å². The number of nitrogens with one attached hydrogen (secondary N) is 2. The molecule has 14 heavy (non-hydrogen) atoms. The number of piperidine rings is 1. The van der Waals surface area contributed by atoms with Gasteiger partial charge in [-0.1, -0.05) is 0 Å². The van der Waals surface area contributed by atoms with Crippen LogP contribution < -0.4 is 10.6 Å². The SMILES string of the molecule is CC(NC1CCNCC1)c1ccco1. The van der Waals surface area contributed by atoms with Gasteiger partial charge < -0.3 is 15.1 Å². The molecule has 78 valence electrons. The second-order valence-corrected chi connectivity index (χ2v) is 3.93. The largest absolute Gasteiger partial charge is 0.468 e. The maximum Gasteiger partial charge on any atom is 0.120 e. The van der Waals surface area contributed by atoms with E-state index >= 15 is 0 Å². The van der Waals surface area contributed by atoms with Gasteiger partial charge in [0.25, 0.3) is 0 Å². The van der Waals surface area contributed by atoms with Crippen LogP contribution in [0.2, 0.25) is 0 Å². The van der Waals surface area contributed by atoms with Gasteiger partial charge in [0.1, 0.15) is 5.76 Å². The zero-order chi connectivity index (χ0) is 9.80. The molecule has 1 aromatic rings. The summed E-state index contributed by atoms with van der Waals surface area (Å²) in [5, 5.41) is 6.95. The Hall–Kier alpha value is -0.800. The van der Waals surface area contributed by atoms with Crippen molar-refractivity contribution in [3.63, 3.8) is 0 Å². The smallest absolute Gasteiger partial charge is 0.120 e. The molecule has 1 fully saturated rings. The van der Waals surface area contributed by atoms with E-state index in [1.165, 1.54) is 12.8 Å². The van der Waals surface area contributed by atoms with Gasteiger partial charge in [-0.3, -0.25) is 0 Å². The maximum absolute atomic E-state index is 5.36. The highest BCUT2D eigenvalue weighted by atomic mass is 16.3. The number of rotatable bonds is 3. The van der Waals surface area contributed by atoms with E-state index in [4.69, 9.17) is 4.42 Å². The molecule has 0 aromatic carbocycles. The van der Waals surface area contributed by atoms with Crippen LogP contribution in [0.4, 0.5) is 0 Å². The fourth-order valence-corrected chi connectivity index (χ4v) is 1.96. The Morgan fingerprint density at radius 2 is 2.29 bits per heavy atom. The van der Waals surface area contributed by atoms with E-state index in [0.29, 0.717) is 12.1 Å². The van der Waals surface area contributed by atoms with Crippen LogP contribution in [0.25, 0.3) is 0 Å². The predicted octanol–water partition coefficient (Wildman–Crippen LogP) is 1.68. The standard InChI is InChI=1S/C11H18N2O/c1-9(11-3-2-8-14-11)13-10-4-6-12-7-5-10/h2-3,8-10,12-13H,4-7H2,1H3. The zero-order valence-electron chi connectivity index (χ0n) is 8.62. The molecule has 2 heterocycles. The summed E-state index contributed by atoms with van der Waals surface area (Å²) in [7, 11) is 0. The summed E-state index contributed by atoms with van der Waals surface area (Å²) >= 11 is 0. The van der Waals surface area contributed by atoms with Crippen LogP contribution >= 0.6 is 0 Å². The first-order valence-electron chi connectivity index (χ1n) is 5.36. The zero-order valence-corrected chi connectivity index (χ0v) is 8.62. The molecule has 0 bridgehead atoms. The Labute approximate surface area is 84.9 Å². The third-order valence-corrected chi connectivity index (χ3v) is 2.79. The van der Waals surface area contributed by atoms with Crippen LogP contribution in [0.1, 0.15) is 31.6 Å². The third kappa shape index (κ3) is 2.36. The lowest BCUT2D eigenvalue weighted by Gasteiger charge is -2.26. The highest BCUT2D eigenvalue weighted by molar-refractivity contribution is 5.03. The Morgan fingerprint density at radius 1 is 1.50 bits per heavy atom. The predicted molar refractivity (Wildman–Crippen MR) is 56.2 cm³/mol. The molecule has 0 saturated carbocycles. The van der Waals surface area contributed by atoms with E-state index in [1.54, 1.807) is 6.26 Å². The van der Waals surface area contributed by atoms with Crippen LogP contribution in [0.5, 0.6) is 0 Å². The van der Waals surface area contributed by atoms with Crippen LogP contribution in [0.15, 0.2) is 22.8 Å². The minimum absolute atomic E-state index is 0.327. The minimum Gasteiger partial charge on any atom is -0.468 e. The Balaban J connectivity index is 1.84. The molecule has 1 atom stereocenters. The number of furan rings is 1. The van der Waals surface area contributed by atoms with Gasteiger partial charge in [-0.2, -0.15) is 0 Å². The number of hydrogen-bond acceptors (Lipinski definition) is 3. The number of hydrogen-bond donors (Lipinski definition) is 2. The summed E-state index contributed by atoms with van der Waals surface area (Å²) in [6.07, 6.45) is 4.16. The molecule has 1 aliphatic rings. The minimum atomic E-state index is 0.327. The van der Waals surface area contributed by atoms with Crippen molar-refractivity contribution in [3.05, 3.63) is 24.2 Å². The van der Waals surface area contributed by atoms with Gasteiger partial charge in [0.05, 0.1) is 12.3 Å². The van der Waals surface area contributed by atoms with Crippen molar-refractivity contribution in [1.29, 1.82) is 0 Å². The first kappa shape index (κ1) is 9.74. The first-order chi connectivity index (χ1) is 6.86. The summed E-state index contributed by atoms with van der Waals surface area (Å²) in [5.74, 6) is 1.03. The Morgan fingerprint density at radius 3 is 2.93 bits per heavy atom. The van der Waals surface area contributed by atoms with E-state index in [2.05, 4.69) is 17.6 Å². The molecule has 1 saturated heterocycles. The molecule has 0 aliphatic carbocycles. The molecule has 2 rings (SSSR count). The van der Waals surface area contributed by atoms with Crippen LogP contribution in [0.3, 0.4) is 0 Å². The average molecular weight is 194 g/mol. The molecule has 1 aromatic heterocycles. The van der Waals surface area contributed by atoms with Crippen molar-refractivity contribution in [1.82, 2.24) is 10.6 Å². The second kappa shape index (κ2) is 4.62. The van der Waals surface area contributed by atoms with Crippen molar-refractivity contribution in [2.75, 3.05) is 13.1 Å². The molecule has 1 aliphatic heterocycles. The van der Waals surface area contributed by atoms with Crippen molar-refractivity contribution in [2.45, 2.75) is 31.8 Å². The summed E-state index contributed by atoms with van der Waals surface area (Å²) in [6.45, 7) is 4.41. The molecule has 0 spiro atoms. The van der Waals surface area contributed by atoms with Gasteiger partial charge in [0.2, 0.25) is 0 Å². The molecular weight excluding hydrogens is 176 g/mol. The fraction of sp³-hybridized carbons (Fsp3) is 0.636. The fourth-order valence-electron chi connectivity index (χ4n) is 1.96. The molecule has 0 radical (unpaired) electrons.